The molecule has 0 saturated heterocycles. The van der Waals surface area contributed by atoms with Gasteiger partial charge in [0.05, 0.1) is 5.69 Å². The lowest BCUT2D eigenvalue weighted by Crippen LogP contribution is -2.39. The van der Waals surface area contributed by atoms with Crippen LogP contribution >= 0.6 is 0 Å². The molecular weight excluding hydrogens is 192 g/mol. The van der Waals surface area contributed by atoms with Crippen LogP contribution in [0.25, 0.3) is 0 Å². The van der Waals surface area contributed by atoms with E-state index in [9.17, 15) is 4.79 Å². The van der Waals surface area contributed by atoms with E-state index in [4.69, 9.17) is 10.5 Å². The average molecular weight is 206 g/mol. The molecule has 0 aliphatic carbocycles. The third-order valence-electron chi connectivity index (χ3n) is 2.37. The molecule has 0 bridgehead atoms. The molecule has 0 fully saturated rings. The van der Waals surface area contributed by atoms with Gasteiger partial charge >= 0.3 is 0 Å². The maximum Gasteiger partial charge on any atom is 0.265 e. The van der Waals surface area contributed by atoms with Crippen molar-refractivity contribution < 1.29 is 9.53 Å². The van der Waals surface area contributed by atoms with Crippen LogP contribution in [-0.4, -0.2) is 19.1 Å². The van der Waals surface area contributed by atoms with Crippen molar-refractivity contribution in [1.29, 1.82) is 0 Å². The van der Waals surface area contributed by atoms with E-state index in [0.717, 1.165) is 17.9 Å². The fraction of sp³-hybridized carbons (Fsp3) is 0.364. The largest absolute Gasteiger partial charge is 0.482 e. The maximum absolute atomic E-state index is 11.6. The number of fused-ring (bicyclic) bond motifs is 1. The summed E-state index contributed by atoms with van der Waals surface area (Å²) in [6.45, 7) is 2.87. The summed E-state index contributed by atoms with van der Waals surface area (Å²) in [5, 5.41) is 0. The third kappa shape index (κ3) is 1.75. The number of nitrogen functional groups attached to an aromatic ring is 1. The summed E-state index contributed by atoms with van der Waals surface area (Å²) in [4.78, 5) is 13.3. The van der Waals surface area contributed by atoms with E-state index in [1.807, 2.05) is 6.92 Å². The van der Waals surface area contributed by atoms with Crippen LogP contribution in [0.15, 0.2) is 18.2 Å². The molecule has 0 aromatic heterocycles. The maximum atomic E-state index is 11.6. The number of benzene rings is 1. The zero-order valence-electron chi connectivity index (χ0n) is 8.69. The van der Waals surface area contributed by atoms with E-state index in [-0.39, 0.29) is 12.5 Å². The highest BCUT2D eigenvalue weighted by Gasteiger charge is 2.24. The quantitative estimate of drug-likeness (QED) is 0.744. The summed E-state index contributed by atoms with van der Waals surface area (Å²) in [6.07, 6.45) is 0.917. The summed E-state index contributed by atoms with van der Waals surface area (Å²) < 4.78 is 5.32. The Kier molecular flexibility index (Phi) is 2.49. The van der Waals surface area contributed by atoms with E-state index >= 15 is 0 Å². The van der Waals surface area contributed by atoms with E-state index in [1.165, 1.54) is 0 Å². The fourth-order valence-corrected chi connectivity index (χ4v) is 1.69. The zero-order valence-corrected chi connectivity index (χ0v) is 8.69. The number of nitrogens with zero attached hydrogens (tertiary/aromatic N) is 1. The van der Waals surface area contributed by atoms with Gasteiger partial charge in [-0.1, -0.05) is 6.92 Å². The van der Waals surface area contributed by atoms with Crippen molar-refractivity contribution in [3.05, 3.63) is 18.2 Å². The highest BCUT2D eigenvalue weighted by molar-refractivity contribution is 5.98. The minimum Gasteiger partial charge on any atom is -0.482 e. The molecule has 1 aromatic carbocycles. The Morgan fingerprint density at radius 1 is 1.53 bits per heavy atom. The molecule has 0 saturated carbocycles. The van der Waals surface area contributed by atoms with Gasteiger partial charge in [-0.3, -0.25) is 4.79 Å². The minimum absolute atomic E-state index is 0.00468. The molecule has 1 aromatic rings. The Balaban J connectivity index is 2.41. The number of carbonyl (C=O) groups excluding carboxylic acids is 1. The van der Waals surface area contributed by atoms with Crippen LogP contribution in [0.2, 0.25) is 0 Å². The van der Waals surface area contributed by atoms with Gasteiger partial charge in [0.2, 0.25) is 0 Å². The van der Waals surface area contributed by atoms with Crippen molar-refractivity contribution in [2.45, 2.75) is 13.3 Å². The molecule has 1 aliphatic heterocycles. The van der Waals surface area contributed by atoms with Crippen LogP contribution < -0.4 is 15.4 Å². The lowest BCUT2D eigenvalue weighted by Gasteiger charge is -2.29. The first-order chi connectivity index (χ1) is 7.22. The van der Waals surface area contributed by atoms with Gasteiger partial charge < -0.3 is 15.4 Å². The average Bonchev–Trinajstić information content (AvgIpc) is 2.23. The number of anilines is 2. The Hall–Kier alpha value is -1.71. The van der Waals surface area contributed by atoms with Crippen molar-refractivity contribution >= 4 is 17.3 Å². The van der Waals surface area contributed by atoms with Crippen molar-refractivity contribution in [2.75, 3.05) is 23.8 Å². The summed E-state index contributed by atoms with van der Waals surface area (Å²) in [5.41, 5.74) is 7.12. The molecule has 1 amide bonds. The first kappa shape index (κ1) is 9.83. The molecule has 80 valence electrons. The second-order valence-corrected chi connectivity index (χ2v) is 3.56. The molecule has 0 unspecified atom stereocenters. The number of hydrogen-bond donors (Lipinski definition) is 1. The highest BCUT2D eigenvalue weighted by Crippen LogP contribution is 2.33. The summed E-state index contributed by atoms with van der Waals surface area (Å²) in [7, 11) is 0. The first-order valence-corrected chi connectivity index (χ1v) is 5.05. The topological polar surface area (TPSA) is 55.6 Å². The SMILES string of the molecule is CCCN1C(=O)COc2ccc(N)cc21. The Morgan fingerprint density at radius 2 is 2.33 bits per heavy atom. The van der Waals surface area contributed by atoms with Crippen LogP contribution in [0.5, 0.6) is 5.75 Å². The van der Waals surface area contributed by atoms with E-state index in [1.54, 1.807) is 23.1 Å². The molecular formula is C11H14N2O2. The van der Waals surface area contributed by atoms with Crippen molar-refractivity contribution in [1.82, 2.24) is 0 Å². The number of rotatable bonds is 2. The normalized spacial score (nSPS) is 14.7. The van der Waals surface area contributed by atoms with Crippen LogP contribution in [0.3, 0.4) is 0 Å². The molecule has 4 heteroatoms. The molecule has 2 rings (SSSR count). The standard InChI is InChI=1S/C11H14N2O2/c1-2-5-13-9-6-8(12)3-4-10(9)15-7-11(13)14/h3-4,6H,2,5,7,12H2,1H3. The Morgan fingerprint density at radius 3 is 3.07 bits per heavy atom. The van der Waals surface area contributed by atoms with Crippen molar-refractivity contribution in [2.24, 2.45) is 0 Å². The van der Waals surface area contributed by atoms with Crippen LogP contribution in [0, 0.1) is 0 Å². The molecule has 1 heterocycles. The van der Waals surface area contributed by atoms with Crippen LogP contribution in [0.4, 0.5) is 11.4 Å². The number of hydrogen-bond acceptors (Lipinski definition) is 3. The van der Waals surface area contributed by atoms with Crippen molar-refractivity contribution in [3.63, 3.8) is 0 Å². The Labute approximate surface area is 88.6 Å². The van der Waals surface area contributed by atoms with E-state index in [0.29, 0.717) is 12.2 Å². The van der Waals surface area contributed by atoms with Gasteiger partial charge in [0.1, 0.15) is 5.75 Å². The fourth-order valence-electron chi connectivity index (χ4n) is 1.69. The van der Waals surface area contributed by atoms with Gasteiger partial charge in [0.25, 0.3) is 5.91 Å². The number of carbonyl (C=O) groups is 1. The van der Waals surface area contributed by atoms with Gasteiger partial charge in [-0.05, 0) is 24.6 Å². The second-order valence-electron chi connectivity index (χ2n) is 3.56. The lowest BCUT2D eigenvalue weighted by molar-refractivity contribution is -0.121. The van der Waals surface area contributed by atoms with Crippen LogP contribution in [0.1, 0.15) is 13.3 Å². The van der Waals surface area contributed by atoms with Gasteiger partial charge in [-0.15, -0.1) is 0 Å². The third-order valence-corrected chi connectivity index (χ3v) is 2.37. The zero-order chi connectivity index (χ0) is 10.8. The molecule has 1 aliphatic rings. The van der Waals surface area contributed by atoms with E-state index in [2.05, 4.69) is 0 Å². The molecule has 0 atom stereocenters. The smallest absolute Gasteiger partial charge is 0.265 e. The van der Waals surface area contributed by atoms with E-state index < -0.39 is 0 Å². The Bertz CT molecular complexity index is 390. The lowest BCUT2D eigenvalue weighted by atomic mass is 10.2. The monoisotopic (exact) mass is 206 g/mol. The first-order valence-electron chi connectivity index (χ1n) is 5.05. The predicted octanol–water partition coefficient (Wildman–Crippen LogP) is 1.40. The summed E-state index contributed by atoms with van der Waals surface area (Å²) >= 11 is 0. The molecule has 0 radical (unpaired) electrons. The van der Waals surface area contributed by atoms with Gasteiger partial charge in [0, 0.05) is 12.2 Å². The number of amides is 1. The summed E-state index contributed by atoms with van der Waals surface area (Å²) in [6, 6.07) is 5.36. The van der Waals surface area contributed by atoms with Crippen molar-refractivity contribution in [3.8, 4) is 5.75 Å². The molecule has 0 spiro atoms. The molecule has 2 N–H and O–H groups in total. The van der Waals surface area contributed by atoms with Gasteiger partial charge in [0.15, 0.2) is 6.61 Å². The van der Waals surface area contributed by atoms with Gasteiger partial charge in [-0.2, -0.15) is 0 Å². The van der Waals surface area contributed by atoms with Crippen LogP contribution in [-0.2, 0) is 4.79 Å². The second kappa shape index (κ2) is 3.81. The minimum atomic E-state index is -0.00468. The molecule has 4 nitrogen and oxygen atoms in total. The predicted molar refractivity (Wildman–Crippen MR) is 59.0 cm³/mol. The summed E-state index contributed by atoms with van der Waals surface area (Å²) in [5.74, 6) is 0.729. The van der Waals surface area contributed by atoms with Gasteiger partial charge in [-0.25, -0.2) is 0 Å². The highest BCUT2D eigenvalue weighted by atomic mass is 16.5. The molecule has 15 heavy (non-hydrogen) atoms. The number of ether oxygens (including phenoxy) is 1. The number of nitrogens with two attached hydrogens (primary N) is 1.